The molecule has 0 radical (unpaired) electrons. The summed E-state index contributed by atoms with van der Waals surface area (Å²) >= 11 is 6.21. The van der Waals surface area contributed by atoms with Crippen LogP contribution in [0.3, 0.4) is 0 Å². The molecule has 1 fully saturated rings. The Balaban J connectivity index is 1.22. The highest BCUT2D eigenvalue weighted by atomic mass is 35.5. The summed E-state index contributed by atoms with van der Waals surface area (Å²) in [6.45, 7) is 4.51. The van der Waals surface area contributed by atoms with Gasteiger partial charge in [-0.25, -0.2) is 4.79 Å². The van der Waals surface area contributed by atoms with Gasteiger partial charge >= 0.3 is 5.97 Å². The van der Waals surface area contributed by atoms with Crippen LogP contribution in [0.1, 0.15) is 74.8 Å². The summed E-state index contributed by atoms with van der Waals surface area (Å²) in [7, 11) is 0. The van der Waals surface area contributed by atoms with Crippen molar-refractivity contribution in [1.82, 2.24) is 4.98 Å². The lowest BCUT2D eigenvalue weighted by molar-refractivity contribution is -0.144. The Morgan fingerprint density at radius 1 is 1.10 bits per heavy atom. The van der Waals surface area contributed by atoms with Gasteiger partial charge in [-0.2, -0.15) is 0 Å². The molecule has 0 saturated heterocycles. The normalized spacial score (nSPS) is 26.6. The van der Waals surface area contributed by atoms with Gasteiger partial charge in [0.1, 0.15) is 11.3 Å². The minimum absolute atomic E-state index is 0.0164. The van der Waals surface area contributed by atoms with E-state index in [1.165, 1.54) is 22.4 Å². The summed E-state index contributed by atoms with van der Waals surface area (Å²) in [5, 5.41) is 14.4. The van der Waals surface area contributed by atoms with Crippen LogP contribution in [0.2, 0.25) is 5.02 Å². The Morgan fingerprint density at radius 2 is 1.90 bits per heavy atom. The summed E-state index contributed by atoms with van der Waals surface area (Å²) in [6.07, 6.45) is 10.1. The van der Waals surface area contributed by atoms with Gasteiger partial charge in [0.05, 0.1) is 6.10 Å². The number of carbonyl (C=O) groups is 1. The van der Waals surface area contributed by atoms with E-state index in [0.29, 0.717) is 29.7 Å². The topological polar surface area (TPSA) is 71.5 Å². The molecule has 5 nitrogen and oxygen atoms in total. The lowest BCUT2D eigenvalue weighted by Gasteiger charge is -2.47. The molecule has 3 aliphatic rings. The molecular formula is C34H39ClN2O3. The van der Waals surface area contributed by atoms with E-state index in [0.717, 1.165) is 56.4 Å². The number of fused-ring (bicyclic) bond motifs is 3. The number of rotatable bonds is 8. The van der Waals surface area contributed by atoms with Crippen molar-refractivity contribution in [3.8, 4) is 5.75 Å². The molecule has 3 aromatic rings. The molecule has 6 heteroatoms. The van der Waals surface area contributed by atoms with E-state index in [1.54, 1.807) is 0 Å². The molecule has 2 aromatic carbocycles. The molecule has 1 spiro atoms. The number of nitrogens with zero attached hydrogens (tertiary/aromatic N) is 1. The highest BCUT2D eigenvalue weighted by Crippen LogP contribution is 2.56. The van der Waals surface area contributed by atoms with E-state index in [4.69, 9.17) is 16.3 Å². The lowest BCUT2D eigenvalue weighted by atomic mass is 9.59. The number of carboxylic acids is 1. The highest BCUT2D eigenvalue weighted by molar-refractivity contribution is 6.30. The maximum absolute atomic E-state index is 12.7. The molecule has 1 heterocycles. The fourth-order valence-corrected chi connectivity index (χ4v) is 7.90. The summed E-state index contributed by atoms with van der Waals surface area (Å²) in [5.41, 5.74) is 5.07. The first-order valence-corrected chi connectivity index (χ1v) is 15.2. The Labute approximate surface area is 242 Å². The number of aromatic nitrogens is 1. The third-order valence-electron chi connectivity index (χ3n) is 10.1. The largest absolute Gasteiger partial charge is 0.490 e. The molecule has 6 rings (SSSR count). The van der Waals surface area contributed by atoms with Crippen LogP contribution in [0.25, 0.3) is 0 Å². The van der Waals surface area contributed by atoms with Crippen LogP contribution in [-0.4, -0.2) is 27.7 Å². The van der Waals surface area contributed by atoms with Gasteiger partial charge in [-0.3, -0.25) is 4.98 Å². The maximum atomic E-state index is 12.7. The van der Waals surface area contributed by atoms with Crippen molar-refractivity contribution in [2.75, 3.05) is 5.32 Å². The number of ether oxygens (including phenoxy) is 1. The molecule has 0 bridgehead atoms. The number of carboxylic acid groups (broad SMARTS) is 1. The first kappa shape index (κ1) is 27.1. The third-order valence-corrected chi connectivity index (χ3v) is 10.4. The fourth-order valence-electron chi connectivity index (χ4n) is 7.71. The van der Waals surface area contributed by atoms with Crippen LogP contribution in [-0.2, 0) is 29.5 Å². The van der Waals surface area contributed by atoms with E-state index in [2.05, 4.69) is 48.4 Å². The molecular weight excluding hydrogens is 520 g/mol. The monoisotopic (exact) mass is 558 g/mol. The van der Waals surface area contributed by atoms with Crippen LogP contribution in [0.15, 0.2) is 60.8 Å². The van der Waals surface area contributed by atoms with E-state index >= 15 is 0 Å². The second-order valence-electron chi connectivity index (χ2n) is 12.4. The van der Waals surface area contributed by atoms with Crippen molar-refractivity contribution < 1.29 is 14.6 Å². The van der Waals surface area contributed by atoms with Crippen molar-refractivity contribution in [2.45, 2.75) is 88.7 Å². The van der Waals surface area contributed by atoms with E-state index in [-0.39, 0.29) is 11.5 Å². The number of aryl methyl sites for hydroxylation is 1. The minimum Gasteiger partial charge on any atom is -0.490 e. The summed E-state index contributed by atoms with van der Waals surface area (Å²) in [5.74, 6) is 1.02. The molecule has 0 aliphatic heterocycles. The van der Waals surface area contributed by atoms with E-state index in [9.17, 15) is 9.90 Å². The van der Waals surface area contributed by atoms with E-state index in [1.807, 2.05) is 36.5 Å². The second-order valence-corrected chi connectivity index (χ2v) is 12.8. The molecule has 2 N–H and O–H groups in total. The average Bonchev–Trinajstić information content (AvgIpc) is 3.54. The SMILES string of the molecule is C[C@H](C[C@H]1Cc2ccccc2C12CCC(Nc1cccc(Cl)c1)(C(=O)O)CC2)[C@@H](C)Oc1ccnc2c1CCC2. The van der Waals surface area contributed by atoms with Crippen LogP contribution >= 0.6 is 11.6 Å². The number of nitrogens with one attached hydrogen (secondary N) is 1. The van der Waals surface area contributed by atoms with Crippen LogP contribution in [0.5, 0.6) is 5.75 Å². The molecule has 0 amide bonds. The van der Waals surface area contributed by atoms with Crippen LogP contribution in [0, 0.1) is 11.8 Å². The van der Waals surface area contributed by atoms with Gasteiger partial charge in [-0.15, -0.1) is 0 Å². The quantitative estimate of drug-likeness (QED) is 0.297. The zero-order valence-electron chi connectivity index (χ0n) is 23.5. The molecule has 40 heavy (non-hydrogen) atoms. The number of halogens is 1. The number of benzene rings is 2. The predicted octanol–water partition coefficient (Wildman–Crippen LogP) is 7.64. The first-order valence-electron chi connectivity index (χ1n) is 14.8. The Kier molecular flexibility index (Phi) is 7.28. The Hall–Kier alpha value is -3.05. The summed E-state index contributed by atoms with van der Waals surface area (Å²) in [4.78, 5) is 17.3. The van der Waals surface area contributed by atoms with Crippen molar-refractivity contribution >= 4 is 23.3 Å². The molecule has 3 atom stereocenters. The van der Waals surface area contributed by atoms with Crippen molar-refractivity contribution in [3.05, 3.63) is 88.2 Å². The second kappa shape index (κ2) is 10.7. The lowest BCUT2D eigenvalue weighted by Crippen LogP contribution is -2.53. The summed E-state index contributed by atoms with van der Waals surface area (Å²) < 4.78 is 6.58. The van der Waals surface area contributed by atoms with Gasteiger partial charge in [0.2, 0.25) is 0 Å². The van der Waals surface area contributed by atoms with Gasteiger partial charge in [-0.1, -0.05) is 48.9 Å². The number of anilines is 1. The molecule has 210 valence electrons. The van der Waals surface area contributed by atoms with Gasteiger partial charge in [-0.05, 0) is 117 Å². The Morgan fingerprint density at radius 3 is 2.67 bits per heavy atom. The van der Waals surface area contributed by atoms with Crippen molar-refractivity contribution in [2.24, 2.45) is 11.8 Å². The zero-order valence-corrected chi connectivity index (χ0v) is 24.2. The standard InChI is InChI=1S/C34H39ClN2O3/c1-22(23(2)40-31-13-18-36-30-12-6-10-28(30)31)19-25-20-24-7-3-4-11-29(24)33(25)14-16-34(17-15-33,32(38)39)37-27-9-5-8-26(35)21-27/h3-5,7-9,11,13,18,21-23,25,37H,6,10,12,14-17,19-20H2,1-2H3,(H,38,39)/t22-,23-,25+,33?,34?/m1/s1. The first-order chi connectivity index (χ1) is 19.3. The van der Waals surface area contributed by atoms with Crippen molar-refractivity contribution in [1.29, 1.82) is 0 Å². The van der Waals surface area contributed by atoms with Gasteiger partial charge < -0.3 is 15.2 Å². The molecule has 1 saturated carbocycles. The van der Waals surface area contributed by atoms with Crippen molar-refractivity contribution in [3.63, 3.8) is 0 Å². The number of pyridine rings is 1. The third kappa shape index (κ3) is 4.87. The van der Waals surface area contributed by atoms with Gasteiger partial charge in [0, 0.05) is 28.2 Å². The van der Waals surface area contributed by atoms with Gasteiger partial charge in [0.15, 0.2) is 0 Å². The fraction of sp³-hybridized carbons (Fsp3) is 0.471. The number of hydrogen-bond donors (Lipinski definition) is 2. The van der Waals surface area contributed by atoms with Crippen LogP contribution in [0.4, 0.5) is 5.69 Å². The number of aliphatic carboxylic acids is 1. The smallest absolute Gasteiger partial charge is 0.329 e. The molecule has 3 aliphatic carbocycles. The van der Waals surface area contributed by atoms with E-state index < -0.39 is 11.5 Å². The maximum Gasteiger partial charge on any atom is 0.329 e. The zero-order chi connectivity index (χ0) is 27.9. The number of hydrogen-bond acceptors (Lipinski definition) is 4. The van der Waals surface area contributed by atoms with Crippen LogP contribution < -0.4 is 10.1 Å². The Bertz CT molecular complexity index is 1400. The van der Waals surface area contributed by atoms with Gasteiger partial charge in [0.25, 0.3) is 0 Å². The highest BCUT2D eigenvalue weighted by Gasteiger charge is 2.54. The predicted molar refractivity (Wildman–Crippen MR) is 159 cm³/mol. The average molecular weight is 559 g/mol. The summed E-state index contributed by atoms with van der Waals surface area (Å²) in [6, 6.07) is 18.2. The minimum atomic E-state index is -0.998. The molecule has 0 unspecified atom stereocenters. The molecule has 1 aromatic heterocycles.